The van der Waals surface area contributed by atoms with Crippen LogP contribution in [0.5, 0.6) is 6.01 Å². The topological polar surface area (TPSA) is 109 Å². The Morgan fingerprint density at radius 3 is 2.94 bits per heavy atom. The van der Waals surface area contributed by atoms with E-state index in [0.29, 0.717) is 5.95 Å². The van der Waals surface area contributed by atoms with E-state index < -0.39 is 0 Å². The van der Waals surface area contributed by atoms with E-state index >= 15 is 0 Å². The Hall–Kier alpha value is -1.67. The smallest absolute Gasteiger partial charge is 0.322 e. The first kappa shape index (κ1) is 12.8. The SMILES string of the molecule is COc1nc(NN)nc(N2CCCCC2CO)n1. The molecule has 2 rings (SSSR count). The second-order valence-electron chi connectivity index (χ2n) is 4.12. The number of nitrogen functional groups attached to an aromatic ring is 1. The number of nitrogens with zero attached hydrogens (tertiary/aromatic N) is 4. The number of ether oxygens (including phenoxy) is 1. The molecule has 0 spiro atoms. The fraction of sp³-hybridized carbons (Fsp3) is 0.700. The summed E-state index contributed by atoms with van der Waals surface area (Å²) in [5, 5.41) is 9.39. The van der Waals surface area contributed by atoms with E-state index in [0.717, 1.165) is 25.8 Å². The van der Waals surface area contributed by atoms with Gasteiger partial charge in [-0.25, -0.2) is 5.84 Å². The summed E-state index contributed by atoms with van der Waals surface area (Å²) in [4.78, 5) is 14.3. The van der Waals surface area contributed by atoms with Crippen LogP contribution in [0.15, 0.2) is 0 Å². The highest BCUT2D eigenvalue weighted by Crippen LogP contribution is 2.23. The van der Waals surface area contributed by atoms with Gasteiger partial charge in [-0.2, -0.15) is 15.0 Å². The van der Waals surface area contributed by atoms with Crippen LogP contribution in [0.3, 0.4) is 0 Å². The normalized spacial score (nSPS) is 19.7. The largest absolute Gasteiger partial charge is 0.467 e. The third kappa shape index (κ3) is 2.59. The van der Waals surface area contributed by atoms with Crippen LogP contribution in [-0.2, 0) is 0 Å². The number of aliphatic hydroxyl groups is 1. The molecule has 0 saturated carbocycles. The third-order valence-corrected chi connectivity index (χ3v) is 3.01. The quantitative estimate of drug-likeness (QED) is 0.488. The Balaban J connectivity index is 2.29. The molecule has 1 aromatic heterocycles. The van der Waals surface area contributed by atoms with Gasteiger partial charge >= 0.3 is 6.01 Å². The number of rotatable bonds is 4. The second kappa shape index (κ2) is 5.78. The van der Waals surface area contributed by atoms with Gasteiger partial charge in [0.05, 0.1) is 19.8 Å². The van der Waals surface area contributed by atoms with Crippen LogP contribution in [0.25, 0.3) is 0 Å². The van der Waals surface area contributed by atoms with Crippen LogP contribution in [0, 0.1) is 0 Å². The van der Waals surface area contributed by atoms with Crippen LogP contribution in [0.4, 0.5) is 11.9 Å². The maximum absolute atomic E-state index is 9.39. The van der Waals surface area contributed by atoms with Crippen molar-refractivity contribution >= 4 is 11.9 Å². The van der Waals surface area contributed by atoms with E-state index in [1.165, 1.54) is 7.11 Å². The highest BCUT2D eigenvalue weighted by Gasteiger charge is 2.25. The average molecular weight is 254 g/mol. The fourth-order valence-corrected chi connectivity index (χ4v) is 2.08. The molecule has 1 aliphatic rings. The van der Waals surface area contributed by atoms with Gasteiger partial charge in [-0.1, -0.05) is 0 Å². The standard InChI is InChI=1S/C10H18N6O2/c1-18-10-13-8(15-11)12-9(14-10)16-5-3-2-4-7(16)6-17/h7,17H,2-6,11H2,1H3,(H,12,13,14,15). The van der Waals surface area contributed by atoms with E-state index in [2.05, 4.69) is 20.4 Å². The molecule has 0 radical (unpaired) electrons. The molecule has 4 N–H and O–H groups in total. The van der Waals surface area contributed by atoms with Gasteiger partial charge in [0, 0.05) is 6.54 Å². The molecule has 100 valence electrons. The van der Waals surface area contributed by atoms with Crippen molar-refractivity contribution in [2.45, 2.75) is 25.3 Å². The molecule has 0 bridgehead atoms. The average Bonchev–Trinajstić information content (AvgIpc) is 2.46. The molecule has 1 fully saturated rings. The Bertz CT molecular complexity index is 380. The fourth-order valence-electron chi connectivity index (χ4n) is 2.08. The molecule has 1 unspecified atom stereocenters. The number of hydrazine groups is 1. The zero-order valence-electron chi connectivity index (χ0n) is 10.3. The number of hydrogen-bond acceptors (Lipinski definition) is 8. The highest BCUT2D eigenvalue weighted by molar-refractivity contribution is 5.39. The van der Waals surface area contributed by atoms with Crippen molar-refractivity contribution in [3.63, 3.8) is 0 Å². The number of aromatic nitrogens is 3. The number of anilines is 2. The number of nitrogens with two attached hydrogens (primary N) is 1. The highest BCUT2D eigenvalue weighted by atomic mass is 16.5. The molecular formula is C10H18N6O2. The van der Waals surface area contributed by atoms with Crippen molar-refractivity contribution in [3.05, 3.63) is 0 Å². The van der Waals surface area contributed by atoms with Gasteiger partial charge in [-0.3, -0.25) is 5.43 Å². The molecule has 18 heavy (non-hydrogen) atoms. The van der Waals surface area contributed by atoms with Gasteiger partial charge < -0.3 is 14.7 Å². The lowest BCUT2D eigenvalue weighted by Crippen LogP contribution is -2.43. The van der Waals surface area contributed by atoms with Crippen LogP contribution >= 0.6 is 0 Å². The van der Waals surface area contributed by atoms with Crippen molar-refractivity contribution in [2.24, 2.45) is 5.84 Å². The summed E-state index contributed by atoms with van der Waals surface area (Å²) in [6.45, 7) is 0.891. The summed E-state index contributed by atoms with van der Waals surface area (Å²) < 4.78 is 5.01. The second-order valence-corrected chi connectivity index (χ2v) is 4.12. The van der Waals surface area contributed by atoms with Gasteiger partial charge in [-0.05, 0) is 19.3 Å². The third-order valence-electron chi connectivity index (χ3n) is 3.01. The molecule has 0 aliphatic carbocycles. The Morgan fingerprint density at radius 1 is 1.44 bits per heavy atom. The van der Waals surface area contributed by atoms with E-state index in [-0.39, 0.29) is 24.6 Å². The predicted octanol–water partition coefficient (Wildman–Crippen LogP) is -0.483. The van der Waals surface area contributed by atoms with Crippen molar-refractivity contribution in [3.8, 4) is 6.01 Å². The molecule has 2 heterocycles. The summed E-state index contributed by atoms with van der Waals surface area (Å²) >= 11 is 0. The number of hydrogen-bond donors (Lipinski definition) is 3. The van der Waals surface area contributed by atoms with Gasteiger partial charge in [0.25, 0.3) is 0 Å². The van der Waals surface area contributed by atoms with Crippen molar-refractivity contribution < 1.29 is 9.84 Å². The summed E-state index contributed by atoms with van der Waals surface area (Å²) in [5.41, 5.74) is 2.38. The molecule has 0 aromatic carbocycles. The molecule has 1 atom stereocenters. The van der Waals surface area contributed by atoms with Crippen LogP contribution in [-0.4, -0.2) is 46.4 Å². The number of piperidine rings is 1. The maximum atomic E-state index is 9.39. The van der Waals surface area contributed by atoms with Gasteiger partial charge in [0.1, 0.15) is 0 Å². The minimum atomic E-state index is 0.0384. The number of aliphatic hydroxyl groups excluding tert-OH is 1. The van der Waals surface area contributed by atoms with E-state index in [1.54, 1.807) is 0 Å². The van der Waals surface area contributed by atoms with Crippen LogP contribution in [0.2, 0.25) is 0 Å². The van der Waals surface area contributed by atoms with Crippen LogP contribution < -0.4 is 20.9 Å². The van der Waals surface area contributed by atoms with Gasteiger partial charge in [0.2, 0.25) is 11.9 Å². The zero-order valence-corrected chi connectivity index (χ0v) is 10.3. The van der Waals surface area contributed by atoms with E-state index in [4.69, 9.17) is 10.6 Å². The number of nitrogens with one attached hydrogen (secondary N) is 1. The van der Waals surface area contributed by atoms with E-state index in [9.17, 15) is 5.11 Å². The Kier molecular flexibility index (Phi) is 4.11. The first-order chi connectivity index (χ1) is 8.78. The van der Waals surface area contributed by atoms with Crippen molar-refractivity contribution in [2.75, 3.05) is 30.6 Å². The summed E-state index contributed by atoms with van der Waals surface area (Å²) in [6.07, 6.45) is 3.08. The minimum absolute atomic E-state index is 0.0384. The minimum Gasteiger partial charge on any atom is -0.467 e. The first-order valence-corrected chi connectivity index (χ1v) is 5.92. The van der Waals surface area contributed by atoms with E-state index in [1.807, 2.05) is 4.90 Å². The Labute approximate surface area is 105 Å². The molecule has 0 amide bonds. The molecular weight excluding hydrogens is 236 g/mol. The lowest BCUT2D eigenvalue weighted by Gasteiger charge is -2.34. The number of methoxy groups -OCH3 is 1. The van der Waals surface area contributed by atoms with Gasteiger partial charge in [0.15, 0.2) is 0 Å². The van der Waals surface area contributed by atoms with Crippen molar-refractivity contribution in [1.29, 1.82) is 0 Å². The first-order valence-electron chi connectivity index (χ1n) is 5.92. The monoisotopic (exact) mass is 254 g/mol. The van der Waals surface area contributed by atoms with Crippen molar-refractivity contribution in [1.82, 2.24) is 15.0 Å². The lowest BCUT2D eigenvalue weighted by atomic mass is 10.0. The van der Waals surface area contributed by atoms with Gasteiger partial charge in [-0.15, -0.1) is 0 Å². The summed E-state index contributed by atoms with van der Waals surface area (Å²) in [6, 6.07) is 0.242. The molecule has 1 saturated heterocycles. The Morgan fingerprint density at radius 2 is 2.28 bits per heavy atom. The molecule has 1 aliphatic heterocycles. The maximum Gasteiger partial charge on any atom is 0.322 e. The summed E-state index contributed by atoms with van der Waals surface area (Å²) in [5.74, 6) is 6.04. The predicted molar refractivity (Wildman–Crippen MR) is 66.3 cm³/mol. The zero-order chi connectivity index (χ0) is 13.0. The van der Waals surface area contributed by atoms with Crippen LogP contribution in [0.1, 0.15) is 19.3 Å². The lowest BCUT2D eigenvalue weighted by molar-refractivity contribution is 0.238. The molecule has 1 aromatic rings. The molecule has 8 heteroatoms. The summed E-state index contributed by atoms with van der Waals surface area (Å²) in [7, 11) is 1.49. The molecule has 8 nitrogen and oxygen atoms in total.